The lowest BCUT2D eigenvalue weighted by molar-refractivity contribution is -0.143. The first-order valence-electron chi connectivity index (χ1n) is 11.2. The van der Waals surface area contributed by atoms with Gasteiger partial charge in [-0.2, -0.15) is 13.2 Å². The normalized spacial score (nSPS) is 24.7. The molecule has 1 heterocycles. The summed E-state index contributed by atoms with van der Waals surface area (Å²) < 4.78 is 55.9. The Kier molecular flexibility index (Phi) is 5.72. The highest BCUT2D eigenvalue weighted by atomic mass is 19.4. The Bertz CT molecular complexity index is 1090. The van der Waals surface area contributed by atoms with Gasteiger partial charge in [0.05, 0.1) is 11.0 Å². The minimum Gasteiger partial charge on any atom is -0.314 e. The summed E-state index contributed by atoms with van der Waals surface area (Å²) in [4.78, 5) is 24.6. The maximum atomic E-state index is 13.7. The third-order valence-electron chi connectivity index (χ3n) is 7.38. The van der Waals surface area contributed by atoms with Crippen molar-refractivity contribution in [2.24, 2.45) is 12.5 Å². The minimum atomic E-state index is -4.52. The summed E-state index contributed by atoms with van der Waals surface area (Å²) in [6, 6.07) is 5.29. The van der Waals surface area contributed by atoms with Crippen LogP contribution in [0.1, 0.15) is 63.8 Å². The molecule has 0 unspecified atom stereocenters. The first-order chi connectivity index (χ1) is 15.8. The third kappa shape index (κ3) is 4.05. The van der Waals surface area contributed by atoms with Gasteiger partial charge in [-0.1, -0.05) is 18.2 Å². The highest BCUT2D eigenvalue weighted by Crippen LogP contribution is 2.57. The molecule has 2 N–H and O–H groups in total. The van der Waals surface area contributed by atoms with Crippen LogP contribution in [0.15, 0.2) is 24.3 Å². The largest absolute Gasteiger partial charge is 0.417 e. The predicted octanol–water partition coefficient (Wildman–Crippen LogP) is 3.99. The highest BCUT2D eigenvalue weighted by molar-refractivity contribution is 5.89. The van der Waals surface area contributed by atoms with E-state index in [9.17, 15) is 27.2 Å². The van der Waals surface area contributed by atoms with E-state index in [0.29, 0.717) is 44.3 Å². The van der Waals surface area contributed by atoms with E-state index < -0.39 is 28.7 Å². The number of halogens is 4. The standard InChI is InChI=1S/C23H27F4N5O2/c1-20(2,24)18(33)30-31-19(34)22-11-8-21(9-12-22,10-13-22)17-29-28-16(32(17)3)14-6-4-5-7-15(14)23(25,26)27/h4-7H,8-13H2,1-3H3,(H,30,33)(H,31,34). The number of hydrogen-bond donors (Lipinski definition) is 2. The topological polar surface area (TPSA) is 88.9 Å². The molecule has 0 aliphatic heterocycles. The molecule has 2 bridgehead atoms. The van der Waals surface area contributed by atoms with Crippen molar-refractivity contribution in [1.29, 1.82) is 0 Å². The monoisotopic (exact) mass is 481 g/mol. The fraction of sp³-hybridized carbons (Fsp3) is 0.565. The van der Waals surface area contributed by atoms with Gasteiger partial charge in [0.1, 0.15) is 5.82 Å². The number of hydrogen-bond acceptors (Lipinski definition) is 4. The summed E-state index contributed by atoms with van der Waals surface area (Å²) in [6.07, 6.45) is -1.13. The zero-order valence-corrected chi connectivity index (χ0v) is 19.2. The zero-order chi connectivity index (χ0) is 24.9. The lowest BCUT2D eigenvalue weighted by Crippen LogP contribution is -2.57. The van der Waals surface area contributed by atoms with Gasteiger partial charge in [0.25, 0.3) is 5.91 Å². The molecule has 3 aliphatic carbocycles. The van der Waals surface area contributed by atoms with Gasteiger partial charge >= 0.3 is 6.18 Å². The van der Waals surface area contributed by atoms with E-state index in [2.05, 4.69) is 21.0 Å². The van der Waals surface area contributed by atoms with E-state index in [0.717, 1.165) is 19.9 Å². The Hall–Kier alpha value is -2.98. The fourth-order valence-electron chi connectivity index (χ4n) is 5.21. The Morgan fingerprint density at radius 1 is 0.941 bits per heavy atom. The van der Waals surface area contributed by atoms with Crippen molar-refractivity contribution < 1.29 is 27.2 Å². The van der Waals surface area contributed by atoms with E-state index in [4.69, 9.17) is 0 Å². The lowest BCUT2D eigenvalue weighted by atomic mass is 9.53. The molecule has 11 heteroatoms. The van der Waals surface area contributed by atoms with E-state index in [1.165, 1.54) is 18.2 Å². The molecule has 184 valence electrons. The van der Waals surface area contributed by atoms with Crippen molar-refractivity contribution in [3.8, 4) is 11.4 Å². The van der Waals surface area contributed by atoms with Gasteiger partial charge in [0, 0.05) is 18.0 Å². The minimum absolute atomic E-state index is 0.0282. The molecule has 2 amide bonds. The van der Waals surface area contributed by atoms with Gasteiger partial charge in [-0.25, -0.2) is 4.39 Å². The molecule has 2 aromatic rings. The number of carbonyl (C=O) groups is 2. The fourth-order valence-corrected chi connectivity index (χ4v) is 5.21. The summed E-state index contributed by atoms with van der Waals surface area (Å²) in [5, 5.41) is 8.43. The van der Waals surface area contributed by atoms with Crippen molar-refractivity contribution in [3.05, 3.63) is 35.7 Å². The number of amides is 2. The van der Waals surface area contributed by atoms with Crippen LogP contribution >= 0.6 is 0 Å². The molecule has 3 aliphatic rings. The maximum absolute atomic E-state index is 13.7. The first kappa shape index (κ1) is 24.2. The number of benzene rings is 1. The van der Waals surface area contributed by atoms with Crippen molar-refractivity contribution in [3.63, 3.8) is 0 Å². The molecule has 1 aromatic heterocycles. The van der Waals surface area contributed by atoms with Crippen molar-refractivity contribution in [1.82, 2.24) is 25.6 Å². The molecule has 7 nitrogen and oxygen atoms in total. The van der Waals surface area contributed by atoms with E-state index in [-0.39, 0.29) is 22.7 Å². The van der Waals surface area contributed by atoms with Gasteiger partial charge in [-0.15, -0.1) is 10.2 Å². The number of aromatic nitrogens is 3. The van der Waals surface area contributed by atoms with Gasteiger partial charge in [-0.05, 0) is 58.4 Å². The summed E-state index contributed by atoms with van der Waals surface area (Å²) >= 11 is 0. The summed E-state index contributed by atoms with van der Waals surface area (Å²) in [5.41, 5.74) is 0.536. The van der Waals surface area contributed by atoms with Crippen molar-refractivity contribution in [2.45, 2.75) is 69.6 Å². The van der Waals surface area contributed by atoms with Gasteiger partial charge in [0.2, 0.25) is 5.91 Å². The Balaban J connectivity index is 1.53. The molecule has 0 radical (unpaired) electrons. The number of alkyl halides is 4. The molecule has 0 atom stereocenters. The molecule has 3 fully saturated rings. The number of nitrogens with one attached hydrogen (secondary N) is 2. The Labute approximate surface area is 194 Å². The number of rotatable bonds is 4. The second-order valence-electron chi connectivity index (χ2n) is 9.89. The number of hydrazine groups is 1. The average molecular weight is 481 g/mol. The SMILES string of the molecule is Cn1c(-c2ccccc2C(F)(F)F)nnc1C12CCC(C(=O)NNC(=O)C(C)(C)F)(CC1)CC2. The van der Waals surface area contributed by atoms with Gasteiger partial charge in [0.15, 0.2) is 11.5 Å². The smallest absolute Gasteiger partial charge is 0.314 e. The number of fused-ring (bicyclic) bond motifs is 3. The van der Waals surface area contributed by atoms with Crippen LogP contribution in [0.4, 0.5) is 17.6 Å². The first-order valence-corrected chi connectivity index (χ1v) is 11.2. The van der Waals surface area contributed by atoms with Crippen LogP contribution < -0.4 is 10.9 Å². The zero-order valence-electron chi connectivity index (χ0n) is 19.2. The van der Waals surface area contributed by atoms with Crippen LogP contribution in [0.25, 0.3) is 11.4 Å². The van der Waals surface area contributed by atoms with Crippen molar-refractivity contribution in [2.75, 3.05) is 0 Å². The second-order valence-corrected chi connectivity index (χ2v) is 9.89. The van der Waals surface area contributed by atoms with Crippen molar-refractivity contribution >= 4 is 11.8 Å². The molecule has 1 aromatic carbocycles. The molecular weight excluding hydrogens is 454 g/mol. The van der Waals surface area contributed by atoms with E-state index in [1.54, 1.807) is 11.6 Å². The van der Waals surface area contributed by atoms with E-state index in [1.807, 2.05) is 0 Å². The Morgan fingerprint density at radius 3 is 2.09 bits per heavy atom. The van der Waals surface area contributed by atoms with Crippen LogP contribution in [0.2, 0.25) is 0 Å². The van der Waals surface area contributed by atoms with Crippen LogP contribution in [0.5, 0.6) is 0 Å². The molecule has 3 saturated carbocycles. The molecule has 0 saturated heterocycles. The van der Waals surface area contributed by atoms with E-state index >= 15 is 0 Å². The predicted molar refractivity (Wildman–Crippen MR) is 115 cm³/mol. The quantitative estimate of drug-likeness (QED) is 0.511. The molecular formula is C23H27F4N5O2. The molecule has 0 spiro atoms. The maximum Gasteiger partial charge on any atom is 0.417 e. The number of nitrogens with zero attached hydrogens (tertiary/aromatic N) is 3. The average Bonchev–Trinajstić information content (AvgIpc) is 3.19. The molecule has 5 rings (SSSR count). The van der Waals surface area contributed by atoms with Gasteiger partial charge < -0.3 is 4.57 Å². The summed E-state index contributed by atoms with van der Waals surface area (Å²) in [7, 11) is 1.67. The van der Waals surface area contributed by atoms with Crippen LogP contribution in [-0.4, -0.2) is 32.2 Å². The molecule has 34 heavy (non-hydrogen) atoms. The third-order valence-corrected chi connectivity index (χ3v) is 7.38. The number of carbonyl (C=O) groups excluding carboxylic acids is 2. The van der Waals surface area contributed by atoms with Crippen LogP contribution in [0, 0.1) is 5.41 Å². The van der Waals surface area contributed by atoms with Crippen LogP contribution in [0.3, 0.4) is 0 Å². The highest BCUT2D eigenvalue weighted by Gasteiger charge is 2.55. The van der Waals surface area contributed by atoms with Gasteiger partial charge in [-0.3, -0.25) is 20.4 Å². The Morgan fingerprint density at radius 2 is 1.53 bits per heavy atom. The van der Waals surface area contributed by atoms with Crippen LogP contribution in [-0.2, 0) is 28.2 Å². The summed E-state index contributed by atoms with van der Waals surface area (Å²) in [6.45, 7) is 2.20. The lowest BCUT2D eigenvalue weighted by Gasteiger charge is -2.51. The second kappa shape index (κ2) is 8.06. The summed E-state index contributed by atoms with van der Waals surface area (Å²) in [5.74, 6) is -0.519.